The van der Waals surface area contributed by atoms with Gasteiger partial charge in [-0.2, -0.15) is 5.26 Å². The first-order valence-electron chi connectivity index (χ1n) is 3.37. The molecule has 0 unspecified atom stereocenters. The van der Waals surface area contributed by atoms with Crippen molar-refractivity contribution < 1.29 is 4.21 Å². The molecule has 0 atom stereocenters. The van der Waals surface area contributed by atoms with Crippen molar-refractivity contribution in [1.29, 1.82) is 5.26 Å². The minimum Gasteiger partial charge on any atom is -0.249 e. The van der Waals surface area contributed by atoms with Crippen molar-refractivity contribution in [2.45, 2.75) is 19.3 Å². The Balaban J connectivity index is 2.78. The van der Waals surface area contributed by atoms with Gasteiger partial charge in [-0.05, 0) is 12.8 Å². The summed E-state index contributed by atoms with van der Waals surface area (Å²) in [4.78, 5) is 0. The van der Waals surface area contributed by atoms with Crippen LogP contribution in [-0.4, -0.2) is 15.7 Å². The summed E-state index contributed by atoms with van der Waals surface area (Å²) in [6.07, 6.45) is 4.69. The first-order valence-corrected chi connectivity index (χ1v) is 5.23. The van der Waals surface area contributed by atoms with Crippen molar-refractivity contribution in [3.63, 3.8) is 0 Å². The van der Waals surface area contributed by atoms with Crippen molar-refractivity contribution in [1.82, 2.24) is 0 Å². The topological polar surface area (TPSA) is 53.2 Å². The van der Waals surface area contributed by atoms with Crippen LogP contribution < -0.4 is 0 Å². The Kier molecular flexibility index (Phi) is 2.28. The highest BCUT2D eigenvalue weighted by Gasteiger charge is 2.13. The van der Waals surface area contributed by atoms with E-state index in [1.807, 2.05) is 0 Å². The molecule has 0 bridgehead atoms. The van der Waals surface area contributed by atoms with Crippen LogP contribution in [0.2, 0.25) is 0 Å². The zero-order valence-corrected chi connectivity index (χ0v) is 6.56. The van der Waals surface area contributed by atoms with Gasteiger partial charge in [-0.1, -0.05) is 6.42 Å². The average Bonchev–Trinajstić information content (AvgIpc) is 1.89. The molecule has 1 rings (SSSR count). The molecule has 0 N–H and O–H groups in total. The second kappa shape index (κ2) is 3.02. The van der Waals surface area contributed by atoms with Crippen molar-refractivity contribution in [2.75, 3.05) is 11.5 Å². The van der Waals surface area contributed by atoms with Gasteiger partial charge >= 0.3 is 0 Å². The molecule has 0 aromatic heterocycles. The van der Waals surface area contributed by atoms with Crippen molar-refractivity contribution >= 4 is 9.73 Å². The first kappa shape index (κ1) is 7.55. The Bertz CT molecular complexity index is 245. The fraction of sp³-hybridized carbons (Fsp3) is 0.833. The quantitative estimate of drug-likeness (QED) is 0.496. The fourth-order valence-corrected chi connectivity index (χ4v) is 2.95. The molecule has 0 aromatic carbocycles. The minimum absolute atomic E-state index is 0.626. The fourth-order valence-electron chi connectivity index (χ4n) is 1.10. The number of rotatable bonds is 0. The van der Waals surface area contributed by atoms with E-state index in [1.165, 1.54) is 0 Å². The van der Waals surface area contributed by atoms with Gasteiger partial charge in [0, 0.05) is 11.5 Å². The van der Waals surface area contributed by atoms with E-state index in [0.717, 1.165) is 19.3 Å². The van der Waals surface area contributed by atoms with E-state index in [9.17, 15) is 4.21 Å². The van der Waals surface area contributed by atoms with Gasteiger partial charge in [0.25, 0.3) is 0 Å². The molecule has 0 saturated carbocycles. The molecule has 56 valence electrons. The summed E-state index contributed by atoms with van der Waals surface area (Å²) in [5, 5.41) is 8.19. The van der Waals surface area contributed by atoms with E-state index >= 15 is 0 Å². The van der Waals surface area contributed by atoms with Crippen LogP contribution in [0.1, 0.15) is 19.3 Å². The largest absolute Gasteiger partial charge is 0.249 e. The Morgan fingerprint density at radius 2 is 1.90 bits per heavy atom. The van der Waals surface area contributed by atoms with Crippen LogP contribution in [0.4, 0.5) is 0 Å². The monoisotopic (exact) mass is 158 g/mol. The second-order valence-electron chi connectivity index (χ2n) is 2.43. The average molecular weight is 158 g/mol. The van der Waals surface area contributed by atoms with Gasteiger partial charge in [-0.15, -0.1) is 4.36 Å². The van der Waals surface area contributed by atoms with Crippen LogP contribution in [0.5, 0.6) is 0 Å². The van der Waals surface area contributed by atoms with Gasteiger partial charge in [0.2, 0.25) is 6.19 Å². The van der Waals surface area contributed by atoms with Crippen LogP contribution in [0.25, 0.3) is 0 Å². The molecule has 1 fully saturated rings. The van der Waals surface area contributed by atoms with Gasteiger partial charge in [0.15, 0.2) is 0 Å². The predicted molar refractivity (Wildman–Crippen MR) is 39.8 cm³/mol. The van der Waals surface area contributed by atoms with Crippen molar-refractivity contribution in [3.8, 4) is 6.19 Å². The third-order valence-corrected chi connectivity index (χ3v) is 3.90. The van der Waals surface area contributed by atoms with Crippen LogP contribution in [-0.2, 0) is 9.73 Å². The highest BCUT2D eigenvalue weighted by atomic mass is 32.2. The van der Waals surface area contributed by atoms with E-state index in [4.69, 9.17) is 5.26 Å². The molecule has 1 saturated heterocycles. The third kappa shape index (κ3) is 1.71. The van der Waals surface area contributed by atoms with Gasteiger partial charge < -0.3 is 0 Å². The lowest BCUT2D eigenvalue weighted by Gasteiger charge is -2.12. The summed E-state index contributed by atoms with van der Waals surface area (Å²) >= 11 is 0. The molecular formula is C6H10N2OS. The van der Waals surface area contributed by atoms with Crippen LogP contribution >= 0.6 is 0 Å². The van der Waals surface area contributed by atoms with E-state index in [0.29, 0.717) is 11.5 Å². The molecule has 0 spiro atoms. The summed E-state index contributed by atoms with van der Waals surface area (Å²) in [7, 11) is -2.08. The van der Waals surface area contributed by atoms with Gasteiger partial charge in [0.05, 0.1) is 9.73 Å². The van der Waals surface area contributed by atoms with Gasteiger partial charge in [-0.25, -0.2) is 4.21 Å². The predicted octanol–water partition coefficient (Wildman–Crippen LogP) is 1.12. The van der Waals surface area contributed by atoms with E-state index in [1.54, 1.807) is 6.19 Å². The zero-order chi connectivity index (χ0) is 7.45. The molecule has 0 aliphatic carbocycles. The Morgan fingerprint density at radius 1 is 1.30 bits per heavy atom. The number of nitrogens with zero attached hydrogens (tertiary/aromatic N) is 2. The van der Waals surface area contributed by atoms with E-state index in [2.05, 4.69) is 4.36 Å². The second-order valence-corrected chi connectivity index (χ2v) is 4.98. The summed E-state index contributed by atoms with van der Waals surface area (Å²) in [5.74, 6) is 1.25. The first-order chi connectivity index (χ1) is 4.77. The smallest absolute Gasteiger partial charge is 0.214 e. The molecule has 10 heavy (non-hydrogen) atoms. The normalized spacial score (nSPS) is 23.1. The maximum absolute atomic E-state index is 11.4. The van der Waals surface area contributed by atoms with E-state index < -0.39 is 9.73 Å². The number of hydrogen-bond acceptors (Lipinski definition) is 3. The van der Waals surface area contributed by atoms with Crippen molar-refractivity contribution in [2.24, 2.45) is 4.36 Å². The van der Waals surface area contributed by atoms with Gasteiger partial charge in [-0.3, -0.25) is 0 Å². The van der Waals surface area contributed by atoms with Crippen LogP contribution in [0, 0.1) is 11.5 Å². The standard InChI is InChI=1S/C6H10N2OS/c7-6-8-10(9)4-2-1-3-5-10/h1-5H2. The lowest BCUT2D eigenvalue weighted by atomic mass is 10.3. The third-order valence-electron chi connectivity index (χ3n) is 1.63. The zero-order valence-electron chi connectivity index (χ0n) is 5.75. The molecule has 1 heterocycles. The molecule has 4 heteroatoms. The minimum atomic E-state index is -2.08. The SMILES string of the molecule is N#CN=S1(=O)CCCCC1. The summed E-state index contributed by atoms with van der Waals surface area (Å²) < 4.78 is 14.9. The van der Waals surface area contributed by atoms with Gasteiger partial charge in [0.1, 0.15) is 0 Å². The molecule has 0 radical (unpaired) electrons. The number of nitriles is 1. The Morgan fingerprint density at radius 3 is 2.40 bits per heavy atom. The Hall–Kier alpha value is -0.560. The molecule has 1 aliphatic heterocycles. The summed E-state index contributed by atoms with van der Waals surface area (Å²) in [6, 6.07) is 0. The lowest BCUT2D eigenvalue weighted by Crippen LogP contribution is -2.15. The molecular weight excluding hydrogens is 148 g/mol. The summed E-state index contributed by atoms with van der Waals surface area (Å²) in [6.45, 7) is 0. The molecule has 1 aliphatic rings. The summed E-state index contributed by atoms with van der Waals surface area (Å²) in [5.41, 5.74) is 0. The molecule has 0 aromatic rings. The highest BCUT2D eigenvalue weighted by molar-refractivity contribution is 7.93. The molecule has 3 nitrogen and oxygen atoms in total. The number of hydrogen-bond donors (Lipinski definition) is 0. The lowest BCUT2D eigenvalue weighted by molar-refractivity contribution is 0.650. The molecule has 0 amide bonds. The van der Waals surface area contributed by atoms with E-state index in [-0.39, 0.29) is 0 Å². The Labute approximate surface area is 61.2 Å². The van der Waals surface area contributed by atoms with Crippen molar-refractivity contribution in [3.05, 3.63) is 0 Å². The highest BCUT2D eigenvalue weighted by Crippen LogP contribution is 2.12. The van der Waals surface area contributed by atoms with Crippen LogP contribution in [0.3, 0.4) is 0 Å². The maximum atomic E-state index is 11.4. The maximum Gasteiger partial charge on any atom is 0.214 e. The van der Waals surface area contributed by atoms with Crippen LogP contribution in [0.15, 0.2) is 4.36 Å².